The van der Waals surface area contributed by atoms with E-state index in [1.54, 1.807) is 0 Å². The van der Waals surface area contributed by atoms with E-state index >= 15 is 0 Å². The zero-order valence-corrected chi connectivity index (χ0v) is 10.3. The van der Waals surface area contributed by atoms with E-state index in [-0.39, 0.29) is 28.7 Å². The molecule has 1 aliphatic carbocycles. The molecule has 98 valence electrons. The Kier molecular flexibility index (Phi) is 3.16. The Labute approximate surface area is 104 Å². The number of aromatic hydroxyl groups is 1. The van der Waals surface area contributed by atoms with Crippen molar-refractivity contribution < 1.29 is 23.4 Å². The first-order chi connectivity index (χ1) is 8.37. The molecule has 0 saturated heterocycles. The summed E-state index contributed by atoms with van der Waals surface area (Å²) in [5, 5.41) is 18.3. The Balaban J connectivity index is 2.21. The summed E-state index contributed by atoms with van der Waals surface area (Å²) < 4.78 is 25.6. The number of aromatic carboxylic acids is 1. The van der Waals surface area contributed by atoms with Crippen LogP contribution in [0.5, 0.6) is 5.75 Å². The number of anilines is 1. The molecule has 0 heterocycles. The van der Waals surface area contributed by atoms with Crippen molar-refractivity contribution >= 4 is 21.7 Å². The highest BCUT2D eigenvalue weighted by molar-refractivity contribution is 7.92. The van der Waals surface area contributed by atoms with Gasteiger partial charge in [-0.3, -0.25) is 4.72 Å². The van der Waals surface area contributed by atoms with Crippen LogP contribution in [0.4, 0.5) is 5.69 Å². The fourth-order valence-corrected chi connectivity index (χ4v) is 3.09. The molecular formula is C11H13NO5S. The van der Waals surface area contributed by atoms with Crippen molar-refractivity contribution in [3.05, 3.63) is 23.8 Å². The fraction of sp³-hybridized carbons (Fsp3) is 0.364. The van der Waals surface area contributed by atoms with Gasteiger partial charge < -0.3 is 10.2 Å². The van der Waals surface area contributed by atoms with Gasteiger partial charge in [0.15, 0.2) is 0 Å². The molecule has 1 aromatic rings. The van der Waals surface area contributed by atoms with Crippen molar-refractivity contribution in [3.8, 4) is 5.75 Å². The molecule has 1 fully saturated rings. The van der Waals surface area contributed by atoms with Crippen molar-refractivity contribution in [3.63, 3.8) is 0 Å². The zero-order valence-electron chi connectivity index (χ0n) is 9.46. The maximum Gasteiger partial charge on any atom is 0.335 e. The van der Waals surface area contributed by atoms with Gasteiger partial charge in [-0.15, -0.1) is 0 Å². The van der Waals surface area contributed by atoms with E-state index in [9.17, 15) is 18.3 Å². The van der Waals surface area contributed by atoms with Crippen LogP contribution in [-0.4, -0.2) is 30.4 Å². The number of hydrogen-bond acceptors (Lipinski definition) is 4. The summed E-state index contributed by atoms with van der Waals surface area (Å²) in [6.45, 7) is 0. The van der Waals surface area contributed by atoms with E-state index < -0.39 is 16.0 Å². The molecule has 0 atom stereocenters. The minimum Gasteiger partial charge on any atom is -0.506 e. The predicted molar refractivity (Wildman–Crippen MR) is 65.2 cm³/mol. The number of hydrogen-bond donors (Lipinski definition) is 3. The maximum atomic E-state index is 11.7. The van der Waals surface area contributed by atoms with Crippen LogP contribution in [-0.2, 0) is 10.0 Å². The van der Waals surface area contributed by atoms with E-state index in [1.807, 2.05) is 0 Å². The molecule has 2 rings (SSSR count). The number of carbonyl (C=O) groups is 1. The Morgan fingerprint density at radius 2 is 2.06 bits per heavy atom. The van der Waals surface area contributed by atoms with Crippen LogP contribution in [0.15, 0.2) is 18.2 Å². The highest BCUT2D eigenvalue weighted by atomic mass is 32.2. The van der Waals surface area contributed by atoms with Crippen LogP contribution in [0.3, 0.4) is 0 Å². The minimum atomic E-state index is -3.54. The second-order valence-electron chi connectivity index (χ2n) is 4.36. The molecule has 7 heteroatoms. The van der Waals surface area contributed by atoms with Crippen molar-refractivity contribution in [1.82, 2.24) is 0 Å². The van der Waals surface area contributed by atoms with Gasteiger partial charge in [-0.2, -0.15) is 0 Å². The van der Waals surface area contributed by atoms with Gasteiger partial charge in [0.1, 0.15) is 5.75 Å². The van der Waals surface area contributed by atoms with Crippen molar-refractivity contribution in [1.29, 1.82) is 0 Å². The van der Waals surface area contributed by atoms with Crippen LogP contribution in [0.2, 0.25) is 0 Å². The lowest BCUT2D eigenvalue weighted by atomic mass is 10.2. The summed E-state index contributed by atoms with van der Waals surface area (Å²) in [5.74, 6) is -1.30. The second kappa shape index (κ2) is 4.49. The summed E-state index contributed by atoms with van der Waals surface area (Å²) in [6, 6.07) is 3.46. The SMILES string of the molecule is O=C(O)c1ccc(O)c(NS(=O)(=O)CC2CC2)c1. The lowest BCUT2D eigenvalue weighted by Gasteiger charge is -2.09. The first-order valence-corrected chi connectivity index (χ1v) is 7.09. The molecule has 1 saturated carbocycles. The molecule has 0 aliphatic heterocycles. The Hall–Kier alpha value is -1.76. The summed E-state index contributed by atoms with van der Waals surface area (Å²) >= 11 is 0. The van der Waals surface area contributed by atoms with Gasteiger partial charge in [-0.1, -0.05) is 0 Å². The molecule has 0 radical (unpaired) electrons. The topological polar surface area (TPSA) is 104 Å². The van der Waals surface area contributed by atoms with E-state index in [0.717, 1.165) is 25.0 Å². The van der Waals surface area contributed by atoms with Gasteiger partial charge >= 0.3 is 5.97 Å². The van der Waals surface area contributed by atoms with E-state index in [1.165, 1.54) is 6.07 Å². The average molecular weight is 271 g/mol. The number of benzene rings is 1. The normalized spacial score (nSPS) is 15.3. The average Bonchev–Trinajstić information content (AvgIpc) is 3.03. The highest BCUT2D eigenvalue weighted by Gasteiger charge is 2.28. The third-order valence-electron chi connectivity index (χ3n) is 2.66. The van der Waals surface area contributed by atoms with Gasteiger partial charge in [0, 0.05) is 0 Å². The van der Waals surface area contributed by atoms with Crippen LogP contribution in [0.25, 0.3) is 0 Å². The molecule has 6 nitrogen and oxygen atoms in total. The van der Waals surface area contributed by atoms with Crippen molar-refractivity contribution in [2.45, 2.75) is 12.8 Å². The molecule has 0 bridgehead atoms. The van der Waals surface area contributed by atoms with Crippen LogP contribution in [0.1, 0.15) is 23.2 Å². The third-order valence-corrected chi connectivity index (χ3v) is 4.10. The van der Waals surface area contributed by atoms with Crippen molar-refractivity contribution in [2.24, 2.45) is 5.92 Å². The summed E-state index contributed by atoms with van der Waals surface area (Å²) in [4.78, 5) is 10.8. The summed E-state index contributed by atoms with van der Waals surface area (Å²) in [7, 11) is -3.54. The summed E-state index contributed by atoms with van der Waals surface area (Å²) in [5.41, 5.74) is -0.188. The van der Waals surface area contributed by atoms with E-state index in [0.29, 0.717) is 0 Å². The number of sulfonamides is 1. The van der Waals surface area contributed by atoms with Crippen LogP contribution >= 0.6 is 0 Å². The molecule has 0 amide bonds. The number of rotatable bonds is 5. The lowest BCUT2D eigenvalue weighted by Crippen LogP contribution is -2.18. The smallest absolute Gasteiger partial charge is 0.335 e. The fourth-order valence-electron chi connectivity index (χ4n) is 1.55. The minimum absolute atomic E-state index is 0.00371. The molecule has 0 spiro atoms. The van der Waals surface area contributed by atoms with Crippen molar-refractivity contribution in [2.75, 3.05) is 10.5 Å². The molecule has 0 unspecified atom stereocenters. The summed E-state index contributed by atoms with van der Waals surface area (Å²) in [6.07, 6.45) is 1.78. The number of nitrogens with one attached hydrogen (secondary N) is 1. The largest absolute Gasteiger partial charge is 0.506 e. The van der Waals surface area contributed by atoms with Gasteiger partial charge in [0.2, 0.25) is 10.0 Å². The Bertz CT molecular complexity index is 577. The Morgan fingerprint density at radius 3 is 2.61 bits per heavy atom. The standard InChI is InChI=1S/C11H13NO5S/c13-10-4-3-8(11(14)15)5-9(10)12-18(16,17)6-7-1-2-7/h3-5,7,12-13H,1-2,6H2,(H,14,15). The lowest BCUT2D eigenvalue weighted by molar-refractivity contribution is 0.0697. The molecule has 1 aromatic carbocycles. The number of carboxylic acids is 1. The van der Waals surface area contributed by atoms with Gasteiger partial charge in [-0.05, 0) is 37.0 Å². The predicted octanol–water partition coefficient (Wildman–Crippen LogP) is 1.24. The number of carboxylic acid groups (broad SMARTS) is 1. The number of phenols is 1. The monoisotopic (exact) mass is 271 g/mol. The van der Waals surface area contributed by atoms with Gasteiger partial charge in [0.25, 0.3) is 0 Å². The molecule has 3 N–H and O–H groups in total. The third kappa shape index (κ3) is 3.13. The van der Waals surface area contributed by atoms with E-state index in [4.69, 9.17) is 5.11 Å². The second-order valence-corrected chi connectivity index (χ2v) is 6.13. The first-order valence-electron chi connectivity index (χ1n) is 5.44. The highest BCUT2D eigenvalue weighted by Crippen LogP contribution is 2.32. The molecular weight excluding hydrogens is 258 g/mol. The zero-order chi connectivity index (χ0) is 13.3. The maximum absolute atomic E-state index is 11.7. The quantitative estimate of drug-likeness (QED) is 0.699. The molecule has 0 aromatic heterocycles. The molecule has 1 aliphatic rings. The van der Waals surface area contributed by atoms with Gasteiger partial charge in [0.05, 0.1) is 17.0 Å². The van der Waals surface area contributed by atoms with E-state index in [2.05, 4.69) is 4.72 Å². The molecule has 18 heavy (non-hydrogen) atoms. The first kappa shape index (κ1) is 12.7. The Morgan fingerprint density at radius 1 is 1.39 bits per heavy atom. The number of phenolic OH excluding ortho intramolecular Hbond substituents is 1. The van der Waals surface area contributed by atoms with Gasteiger partial charge in [-0.25, -0.2) is 13.2 Å². The van der Waals surface area contributed by atoms with Crippen LogP contribution in [0, 0.1) is 5.92 Å². The van der Waals surface area contributed by atoms with Crippen LogP contribution < -0.4 is 4.72 Å².